The maximum absolute atomic E-state index is 13.6. The Bertz CT molecular complexity index is 602. The molecule has 110 valence electrons. The zero-order valence-electron chi connectivity index (χ0n) is 11.1. The van der Waals surface area contributed by atoms with E-state index in [9.17, 15) is 17.6 Å². The molecule has 0 aliphatic carbocycles. The van der Waals surface area contributed by atoms with Gasteiger partial charge in [0, 0.05) is 6.54 Å². The minimum absolute atomic E-state index is 0.0190. The summed E-state index contributed by atoms with van der Waals surface area (Å²) in [6.07, 6.45) is 2.65. The summed E-state index contributed by atoms with van der Waals surface area (Å²) in [6, 6.07) is 2.80. The molecule has 0 radical (unpaired) electrons. The van der Waals surface area contributed by atoms with Crippen LogP contribution in [0.15, 0.2) is 23.1 Å². The monoisotopic (exact) mass is 301 g/mol. The van der Waals surface area contributed by atoms with Gasteiger partial charge in [0.05, 0.1) is 18.0 Å². The van der Waals surface area contributed by atoms with Crippen molar-refractivity contribution in [2.24, 2.45) is 0 Å². The average molecular weight is 301 g/mol. The van der Waals surface area contributed by atoms with E-state index in [0.29, 0.717) is 19.1 Å². The van der Waals surface area contributed by atoms with Crippen LogP contribution in [0.1, 0.15) is 19.3 Å². The zero-order valence-corrected chi connectivity index (χ0v) is 11.9. The van der Waals surface area contributed by atoms with Crippen LogP contribution in [0, 0.1) is 5.82 Å². The quantitative estimate of drug-likeness (QED) is 0.792. The number of benzene rings is 1. The smallest absolute Gasteiger partial charge is 0.243 e. The number of aldehydes is 1. The van der Waals surface area contributed by atoms with E-state index in [1.54, 1.807) is 0 Å². The van der Waals surface area contributed by atoms with Gasteiger partial charge in [-0.1, -0.05) is 6.42 Å². The van der Waals surface area contributed by atoms with Crippen LogP contribution in [0.3, 0.4) is 0 Å². The minimum Gasteiger partial charge on any atom is -0.494 e. The molecule has 0 saturated carbocycles. The first-order chi connectivity index (χ1) is 9.50. The highest BCUT2D eigenvalue weighted by molar-refractivity contribution is 7.89. The third-order valence-corrected chi connectivity index (χ3v) is 5.31. The molecule has 1 saturated heterocycles. The van der Waals surface area contributed by atoms with E-state index in [2.05, 4.69) is 0 Å². The lowest BCUT2D eigenvalue weighted by Crippen LogP contribution is -2.44. The predicted molar refractivity (Wildman–Crippen MR) is 70.5 cm³/mol. The topological polar surface area (TPSA) is 63.7 Å². The molecular weight excluding hydrogens is 285 g/mol. The summed E-state index contributed by atoms with van der Waals surface area (Å²) in [7, 11) is -2.56. The van der Waals surface area contributed by atoms with Crippen molar-refractivity contribution < 1.29 is 22.3 Å². The fourth-order valence-electron chi connectivity index (χ4n) is 2.31. The van der Waals surface area contributed by atoms with Gasteiger partial charge in [-0.3, -0.25) is 0 Å². The average Bonchev–Trinajstić information content (AvgIpc) is 2.47. The van der Waals surface area contributed by atoms with Crippen LogP contribution < -0.4 is 4.74 Å². The fourth-order valence-corrected chi connectivity index (χ4v) is 3.95. The number of piperidine rings is 1. The van der Waals surface area contributed by atoms with Gasteiger partial charge in [-0.05, 0) is 31.0 Å². The molecular formula is C13H16FNO4S. The first-order valence-electron chi connectivity index (χ1n) is 6.31. The number of sulfonamides is 1. The summed E-state index contributed by atoms with van der Waals surface area (Å²) >= 11 is 0. The maximum Gasteiger partial charge on any atom is 0.243 e. The number of nitrogens with zero attached hydrogens (tertiary/aromatic N) is 1. The van der Waals surface area contributed by atoms with Crippen LogP contribution >= 0.6 is 0 Å². The number of carbonyl (C=O) groups is 1. The van der Waals surface area contributed by atoms with Crippen molar-refractivity contribution >= 4 is 16.3 Å². The summed E-state index contributed by atoms with van der Waals surface area (Å²) in [6.45, 7) is 0.277. The molecule has 1 fully saturated rings. The largest absolute Gasteiger partial charge is 0.494 e. The Balaban J connectivity index is 2.38. The SMILES string of the molecule is COc1ccc(S(=O)(=O)N2CCCCC2C=O)cc1F. The van der Waals surface area contributed by atoms with Gasteiger partial charge in [0.1, 0.15) is 6.29 Å². The Morgan fingerprint density at radius 2 is 2.15 bits per heavy atom. The molecule has 7 heteroatoms. The third kappa shape index (κ3) is 2.69. The van der Waals surface area contributed by atoms with Crippen molar-refractivity contribution in [1.29, 1.82) is 0 Å². The van der Waals surface area contributed by atoms with Gasteiger partial charge in [-0.15, -0.1) is 0 Å². The van der Waals surface area contributed by atoms with Crippen LogP contribution in [0.25, 0.3) is 0 Å². The highest BCUT2D eigenvalue weighted by Gasteiger charge is 2.33. The Labute approximate surface area is 117 Å². The second-order valence-electron chi connectivity index (χ2n) is 4.61. The number of hydrogen-bond donors (Lipinski definition) is 0. The van der Waals surface area contributed by atoms with Crippen molar-refractivity contribution in [2.45, 2.75) is 30.2 Å². The molecule has 0 bridgehead atoms. The van der Waals surface area contributed by atoms with E-state index in [-0.39, 0.29) is 17.2 Å². The molecule has 20 heavy (non-hydrogen) atoms. The Hall–Kier alpha value is -1.47. The number of rotatable bonds is 4. The molecule has 0 aromatic heterocycles. The zero-order chi connectivity index (χ0) is 14.8. The molecule has 0 N–H and O–H groups in total. The van der Waals surface area contributed by atoms with Crippen LogP contribution in [0.2, 0.25) is 0 Å². The second kappa shape index (κ2) is 5.88. The van der Waals surface area contributed by atoms with Crippen molar-refractivity contribution in [3.05, 3.63) is 24.0 Å². The molecule has 1 atom stereocenters. The maximum atomic E-state index is 13.6. The van der Waals surface area contributed by atoms with Crippen LogP contribution in [-0.2, 0) is 14.8 Å². The Kier molecular flexibility index (Phi) is 4.39. The van der Waals surface area contributed by atoms with Gasteiger partial charge < -0.3 is 9.53 Å². The second-order valence-corrected chi connectivity index (χ2v) is 6.50. The molecule has 2 rings (SSSR count). The normalized spacial score (nSPS) is 20.6. The standard InChI is InChI=1S/C13H16FNO4S/c1-19-13-6-5-11(8-12(13)14)20(17,18)15-7-3-2-4-10(15)9-16/h5-6,8-10H,2-4,7H2,1H3. The Morgan fingerprint density at radius 1 is 1.40 bits per heavy atom. The van der Waals surface area contributed by atoms with Gasteiger partial charge in [0.2, 0.25) is 10.0 Å². The highest BCUT2D eigenvalue weighted by atomic mass is 32.2. The van der Waals surface area contributed by atoms with E-state index in [1.165, 1.54) is 19.2 Å². The molecule has 0 spiro atoms. The van der Waals surface area contributed by atoms with Gasteiger partial charge in [-0.2, -0.15) is 4.31 Å². The van der Waals surface area contributed by atoms with E-state index in [1.807, 2.05) is 0 Å². The molecule has 1 aliphatic heterocycles. The molecule has 1 heterocycles. The number of hydrogen-bond acceptors (Lipinski definition) is 4. The van der Waals surface area contributed by atoms with Crippen molar-refractivity contribution in [3.63, 3.8) is 0 Å². The Morgan fingerprint density at radius 3 is 2.75 bits per heavy atom. The molecule has 5 nitrogen and oxygen atoms in total. The summed E-state index contributed by atoms with van der Waals surface area (Å²) in [5, 5.41) is 0. The molecule has 1 aromatic rings. The van der Waals surface area contributed by atoms with Crippen LogP contribution in [0.5, 0.6) is 5.75 Å². The van der Waals surface area contributed by atoms with Crippen LogP contribution in [-0.4, -0.2) is 38.7 Å². The van der Waals surface area contributed by atoms with E-state index in [0.717, 1.165) is 16.8 Å². The van der Waals surface area contributed by atoms with Crippen molar-refractivity contribution in [1.82, 2.24) is 4.31 Å². The fraction of sp³-hybridized carbons (Fsp3) is 0.462. The lowest BCUT2D eigenvalue weighted by molar-refractivity contribution is -0.111. The molecule has 1 aromatic carbocycles. The molecule has 0 amide bonds. The van der Waals surface area contributed by atoms with Gasteiger partial charge in [0.25, 0.3) is 0 Å². The van der Waals surface area contributed by atoms with Gasteiger partial charge in [0.15, 0.2) is 11.6 Å². The lowest BCUT2D eigenvalue weighted by Gasteiger charge is -2.31. The van der Waals surface area contributed by atoms with E-state index >= 15 is 0 Å². The summed E-state index contributed by atoms with van der Waals surface area (Å²) in [4.78, 5) is 10.9. The first-order valence-corrected chi connectivity index (χ1v) is 7.75. The van der Waals surface area contributed by atoms with E-state index in [4.69, 9.17) is 4.74 Å². The number of ether oxygens (including phenoxy) is 1. The summed E-state index contributed by atoms with van der Waals surface area (Å²) in [5.74, 6) is -0.761. The number of carbonyl (C=O) groups excluding carboxylic acids is 1. The summed E-state index contributed by atoms with van der Waals surface area (Å²) in [5.41, 5.74) is 0. The molecule has 1 aliphatic rings. The predicted octanol–water partition coefficient (Wildman–Crippen LogP) is 1.58. The highest BCUT2D eigenvalue weighted by Crippen LogP contribution is 2.27. The minimum atomic E-state index is -3.86. The third-order valence-electron chi connectivity index (χ3n) is 3.39. The van der Waals surface area contributed by atoms with Crippen LogP contribution in [0.4, 0.5) is 4.39 Å². The lowest BCUT2D eigenvalue weighted by atomic mass is 10.1. The summed E-state index contributed by atoms with van der Waals surface area (Å²) < 4.78 is 44.5. The number of methoxy groups -OCH3 is 1. The van der Waals surface area contributed by atoms with Gasteiger partial charge in [-0.25, -0.2) is 12.8 Å². The van der Waals surface area contributed by atoms with Gasteiger partial charge >= 0.3 is 0 Å². The van der Waals surface area contributed by atoms with E-state index < -0.39 is 21.9 Å². The first kappa shape index (κ1) is 14.9. The van der Waals surface area contributed by atoms with Crippen molar-refractivity contribution in [2.75, 3.05) is 13.7 Å². The number of halogens is 1. The van der Waals surface area contributed by atoms with Crippen molar-refractivity contribution in [3.8, 4) is 5.75 Å². The molecule has 1 unspecified atom stereocenters.